The van der Waals surface area contributed by atoms with E-state index in [1.54, 1.807) is 22.9 Å². The van der Waals surface area contributed by atoms with E-state index in [1.807, 2.05) is 44.2 Å². The van der Waals surface area contributed by atoms with Crippen molar-refractivity contribution in [3.05, 3.63) is 77.7 Å². The third kappa shape index (κ3) is 5.69. The zero-order valence-electron chi connectivity index (χ0n) is 18.0. The van der Waals surface area contributed by atoms with Crippen molar-refractivity contribution >= 4 is 12.0 Å². The third-order valence-corrected chi connectivity index (χ3v) is 5.02. The Morgan fingerprint density at radius 1 is 1.09 bits per heavy atom. The van der Waals surface area contributed by atoms with Crippen LogP contribution in [0.15, 0.2) is 60.7 Å². The Balaban J connectivity index is 2.08. The molecule has 6 nitrogen and oxygen atoms in total. The normalized spacial score (nSPS) is 13.6. The minimum Gasteiger partial charge on any atom is -0.481 e. The van der Waals surface area contributed by atoms with Gasteiger partial charge in [0.05, 0.1) is 35.7 Å². The van der Waals surface area contributed by atoms with E-state index < -0.39 is 24.6 Å². The smallest absolute Gasteiger partial charge is 0.305 e. The molecular formula is C25H27FN2O4. The van der Waals surface area contributed by atoms with Gasteiger partial charge in [0.2, 0.25) is 0 Å². The Morgan fingerprint density at radius 2 is 1.75 bits per heavy atom. The SMILES string of the molecule is CC(C)c1nn(-c2ccccc2)c(-c2ccc(F)cc2)c1C=C[C@H](O)C[C@@H](O)CC(=O)O. The lowest BCUT2D eigenvalue weighted by Gasteiger charge is -2.12. The van der Waals surface area contributed by atoms with E-state index in [2.05, 4.69) is 0 Å². The lowest BCUT2D eigenvalue weighted by atomic mass is 9.98. The molecule has 0 aliphatic rings. The number of carbonyl (C=O) groups is 1. The second-order valence-electron chi connectivity index (χ2n) is 7.97. The molecule has 7 heteroatoms. The lowest BCUT2D eigenvalue weighted by molar-refractivity contribution is -0.139. The maximum atomic E-state index is 13.6. The Bertz CT molecular complexity index is 1080. The van der Waals surface area contributed by atoms with Gasteiger partial charge in [-0.05, 0) is 42.3 Å². The molecule has 0 aliphatic heterocycles. The average Bonchev–Trinajstić information content (AvgIpc) is 3.12. The van der Waals surface area contributed by atoms with Crippen LogP contribution in [-0.4, -0.2) is 43.3 Å². The number of carboxylic acids is 1. The van der Waals surface area contributed by atoms with Crippen molar-refractivity contribution in [1.29, 1.82) is 0 Å². The monoisotopic (exact) mass is 438 g/mol. The van der Waals surface area contributed by atoms with Gasteiger partial charge < -0.3 is 15.3 Å². The number of rotatable bonds is 9. The van der Waals surface area contributed by atoms with Crippen molar-refractivity contribution in [2.45, 2.75) is 44.8 Å². The van der Waals surface area contributed by atoms with Crippen molar-refractivity contribution in [2.75, 3.05) is 0 Å². The first kappa shape index (κ1) is 23.4. The molecular weight excluding hydrogens is 411 g/mol. The molecule has 0 bridgehead atoms. The highest BCUT2D eigenvalue weighted by Gasteiger charge is 2.21. The first-order valence-electron chi connectivity index (χ1n) is 10.5. The summed E-state index contributed by atoms with van der Waals surface area (Å²) in [7, 11) is 0. The molecule has 3 N–H and O–H groups in total. The van der Waals surface area contributed by atoms with Gasteiger partial charge in [-0.1, -0.05) is 44.2 Å². The zero-order valence-corrected chi connectivity index (χ0v) is 18.0. The van der Waals surface area contributed by atoms with E-state index in [1.165, 1.54) is 18.2 Å². The van der Waals surface area contributed by atoms with Crippen molar-refractivity contribution in [2.24, 2.45) is 0 Å². The average molecular weight is 438 g/mol. The van der Waals surface area contributed by atoms with Gasteiger partial charge in [0.15, 0.2) is 0 Å². The molecule has 3 aromatic rings. The number of hydrogen-bond donors (Lipinski definition) is 3. The van der Waals surface area contributed by atoms with Crippen LogP contribution < -0.4 is 0 Å². The van der Waals surface area contributed by atoms with E-state index in [-0.39, 0.29) is 18.2 Å². The molecule has 168 valence electrons. The molecule has 0 saturated carbocycles. The van der Waals surface area contributed by atoms with Crippen LogP contribution in [0.4, 0.5) is 4.39 Å². The number of aliphatic carboxylic acids is 1. The van der Waals surface area contributed by atoms with Gasteiger partial charge >= 0.3 is 5.97 Å². The molecule has 0 aliphatic carbocycles. The van der Waals surface area contributed by atoms with Crippen LogP contribution in [0.5, 0.6) is 0 Å². The van der Waals surface area contributed by atoms with E-state index in [9.17, 15) is 19.4 Å². The Kier molecular flexibility index (Phi) is 7.56. The largest absolute Gasteiger partial charge is 0.481 e. The maximum Gasteiger partial charge on any atom is 0.305 e. The minimum absolute atomic E-state index is 0.0635. The van der Waals surface area contributed by atoms with Crippen molar-refractivity contribution in [1.82, 2.24) is 9.78 Å². The number of para-hydroxylation sites is 1. The fourth-order valence-corrected chi connectivity index (χ4v) is 3.53. The topological polar surface area (TPSA) is 95.6 Å². The van der Waals surface area contributed by atoms with Crippen LogP contribution in [-0.2, 0) is 4.79 Å². The van der Waals surface area contributed by atoms with E-state index in [4.69, 9.17) is 10.2 Å². The highest BCUT2D eigenvalue weighted by atomic mass is 19.1. The molecule has 3 rings (SSSR count). The molecule has 0 unspecified atom stereocenters. The van der Waals surface area contributed by atoms with Crippen LogP contribution >= 0.6 is 0 Å². The Hall–Kier alpha value is -3.29. The van der Waals surface area contributed by atoms with E-state index in [0.717, 1.165) is 28.2 Å². The Labute approximate surface area is 186 Å². The van der Waals surface area contributed by atoms with E-state index in [0.29, 0.717) is 0 Å². The maximum absolute atomic E-state index is 13.6. The number of hydrogen-bond acceptors (Lipinski definition) is 4. The number of aliphatic hydroxyl groups excluding tert-OH is 2. The highest BCUT2D eigenvalue weighted by molar-refractivity contribution is 5.76. The lowest BCUT2D eigenvalue weighted by Crippen LogP contribution is -2.19. The molecule has 0 saturated heterocycles. The number of aliphatic hydroxyl groups is 2. The second kappa shape index (κ2) is 10.3. The number of halogens is 1. The summed E-state index contributed by atoms with van der Waals surface area (Å²) in [5.41, 5.74) is 3.90. The first-order valence-corrected chi connectivity index (χ1v) is 10.5. The predicted octanol–water partition coefficient (Wildman–Crippen LogP) is 4.40. The molecule has 2 aromatic carbocycles. The van der Waals surface area contributed by atoms with Gasteiger partial charge in [0, 0.05) is 17.5 Å². The van der Waals surface area contributed by atoms with Gasteiger partial charge in [0.1, 0.15) is 5.82 Å². The fraction of sp³-hybridized carbons (Fsp3) is 0.280. The summed E-state index contributed by atoms with van der Waals surface area (Å²) in [4.78, 5) is 10.8. The van der Waals surface area contributed by atoms with Crippen molar-refractivity contribution in [3.8, 4) is 16.9 Å². The molecule has 0 amide bonds. The van der Waals surface area contributed by atoms with E-state index >= 15 is 0 Å². The van der Waals surface area contributed by atoms with Gasteiger partial charge in [-0.2, -0.15) is 5.10 Å². The summed E-state index contributed by atoms with van der Waals surface area (Å²) >= 11 is 0. The first-order chi connectivity index (χ1) is 15.3. The second-order valence-corrected chi connectivity index (χ2v) is 7.97. The number of nitrogens with zero attached hydrogens (tertiary/aromatic N) is 2. The third-order valence-electron chi connectivity index (χ3n) is 5.02. The van der Waals surface area contributed by atoms with Gasteiger partial charge in [-0.15, -0.1) is 0 Å². The van der Waals surface area contributed by atoms with Gasteiger partial charge in [0.25, 0.3) is 0 Å². The predicted molar refractivity (Wildman–Crippen MR) is 121 cm³/mol. The number of aromatic nitrogens is 2. The standard InChI is InChI=1S/C25H27FN2O4/c1-16(2)24-22(13-12-20(29)14-21(30)15-23(31)32)25(17-8-10-18(26)11-9-17)28(27-24)19-6-4-3-5-7-19/h3-13,16,20-21,29-30H,14-15H2,1-2H3,(H,31,32)/t20-,21+/m0/s1. The minimum atomic E-state index is -1.15. The molecule has 32 heavy (non-hydrogen) atoms. The van der Waals surface area contributed by atoms with Gasteiger partial charge in [-0.3, -0.25) is 4.79 Å². The van der Waals surface area contributed by atoms with Crippen LogP contribution in [0.25, 0.3) is 23.0 Å². The molecule has 0 fully saturated rings. The van der Waals surface area contributed by atoms with Crippen LogP contribution in [0.3, 0.4) is 0 Å². The molecule has 0 spiro atoms. The molecule has 2 atom stereocenters. The van der Waals surface area contributed by atoms with Crippen molar-refractivity contribution in [3.63, 3.8) is 0 Å². The van der Waals surface area contributed by atoms with Gasteiger partial charge in [-0.25, -0.2) is 9.07 Å². The number of carboxylic acid groups (broad SMARTS) is 1. The highest BCUT2D eigenvalue weighted by Crippen LogP contribution is 2.33. The molecule has 1 heterocycles. The van der Waals surface area contributed by atoms with Crippen molar-refractivity contribution < 1.29 is 24.5 Å². The summed E-state index contributed by atoms with van der Waals surface area (Å²) in [6, 6.07) is 15.7. The summed E-state index contributed by atoms with van der Waals surface area (Å²) in [5.74, 6) is -1.41. The summed E-state index contributed by atoms with van der Waals surface area (Å²) < 4.78 is 15.4. The summed E-state index contributed by atoms with van der Waals surface area (Å²) in [5, 5.41) is 33.8. The Morgan fingerprint density at radius 3 is 2.34 bits per heavy atom. The van der Waals surface area contributed by atoms with Crippen LogP contribution in [0, 0.1) is 5.82 Å². The fourth-order valence-electron chi connectivity index (χ4n) is 3.53. The number of benzene rings is 2. The molecule has 1 aromatic heterocycles. The summed E-state index contributed by atoms with van der Waals surface area (Å²) in [6.07, 6.45) is 0.536. The molecule has 0 radical (unpaired) electrons. The quantitative estimate of drug-likeness (QED) is 0.460. The van der Waals surface area contributed by atoms with Crippen LogP contribution in [0.1, 0.15) is 43.9 Å². The van der Waals surface area contributed by atoms with Crippen LogP contribution in [0.2, 0.25) is 0 Å². The summed E-state index contributed by atoms with van der Waals surface area (Å²) in [6.45, 7) is 4.02. The zero-order chi connectivity index (χ0) is 23.3.